The van der Waals surface area contributed by atoms with Crippen LogP contribution in [0.2, 0.25) is 0 Å². The van der Waals surface area contributed by atoms with Crippen LogP contribution in [0.1, 0.15) is 7.85 Å². The molecule has 1 aliphatic rings. The molecule has 1 unspecified atom stereocenters. The van der Waals surface area contributed by atoms with Gasteiger partial charge in [-0.2, -0.15) is 0 Å². The molecule has 38 valence electrons. The molecule has 7 heavy (non-hydrogen) atoms. The topological polar surface area (TPSA) is 9.23 Å². The van der Waals surface area contributed by atoms with Crippen LogP contribution in [0.4, 0.5) is 0 Å². The molecule has 0 saturated carbocycles. The van der Waals surface area contributed by atoms with Crippen molar-refractivity contribution < 1.29 is 35.7 Å². The van der Waals surface area contributed by atoms with E-state index in [4.69, 9.17) is 4.74 Å². The summed E-state index contributed by atoms with van der Waals surface area (Å²) in [6.07, 6.45) is 1.77. The van der Waals surface area contributed by atoms with Crippen molar-refractivity contribution in [1.29, 1.82) is 0 Å². The molecule has 1 saturated heterocycles. The van der Waals surface area contributed by atoms with Crippen LogP contribution in [0.3, 0.4) is 0 Å². The Balaban J connectivity index is 0. The first-order valence-corrected chi connectivity index (χ1v) is 3.23. The molecule has 0 amide bonds. The van der Waals surface area contributed by atoms with Crippen molar-refractivity contribution >= 4 is 15.9 Å². The average molecular weight is 175 g/mol. The fraction of sp³-hybridized carbons (Fsp3) is 1.00. The van der Waals surface area contributed by atoms with Crippen LogP contribution in [-0.4, -0.2) is 18.0 Å². The molecule has 0 N–H and O–H groups in total. The molecule has 1 heterocycles. The molecule has 0 radical (unpaired) electrons. The Hall–Kier alpha value is 1.44. The molecule has 0 aliphatic carbocycles. The second kappa shape index (κ2) is 4.33. The van der Waals surface area contributed by atoms with Gasteiger partial charge in [-0.05, 0) is 6.42 Å². The Morgan fingerprint density at radius 3 is 2.43 bits per heavy atom. The van der Waals surface area contributed by atoms with Gasteiger partial charge in [0.1, 0.15) is 0 Å². The summed E-state index contributed by atoms with van der Waals surface area (Å²) in [5.41, 5.74) is 0. The minimum atomic E-state index is 0. The van der Waals surface area contributed by atoms with E-state index in [1.165, 1.54) is 6.42 Å². The van der Waals surface area contributed by atoms with E-state index in [1.807, 2.05) is 0 Å². The van der Waals surface area contributed by atoms with Gasteiger partial charge in [0.05, 0.1) is 6.10 Å². The van der Waals surface area contributed by atoms with E-state index in [9.17, 15) is 0 Å². The van der Waals surface area contributed by atoms with Gasteiger partial charge in [0.25, 0.3) is 0 Å². The van der Waals surface area contributed by atoms with Crippen molar-refractivity contribution in [3.05, 3.63) is 0 Å². The molecule has 3 heteroatoms. The van der Waals surface area contributed by atoms with Gasteiger partial charge < -0.3 is 6.16 Å². The second-order valence-electron chi connectivity index (χ2n) is 1.44. The number of halogens is 1. The van der Waals surface area contributed by atoms with E-state index in [0.29, 0.717) is 6.10 Å². The van der Waals surface area contributed by atoms with Crippen LogP contribution >= 0.6 is 15.9 Å². The Labute approximate surface area is 75.7 Å². The Morgan fingerprint density at radius 1 is 1.86 bits per heavy atom. The van der Waals surface area contributed by atoms with Gasteiger partial charge in [-0.1, -0.05) is 15.9 Å². The van der Waals surface area contributed by atoms with Crippen LogP contribution < -0.4 is 29.6 Å². The Morgan fingerprint density at radius 2 is 2.43 bits per heavy atom. The summed E-state index contributed by atoms with van der Waals surface area (Å²) in [5, 5.41) is 1.01. The number of hydrogen-bond acceptors (Lipinski definition) is 1. The van der Waals surface area contributed by atoms with Gasteiger partial charge in [-0.3, -0.25) is 0 Å². The van der Waals surface area contributed by atoms with Crippen LogP contribution in [0.25, 0.3) is 0 Å². The molecule has 1 atom stereocenters. The zero-order valence-corrected chi connectivity index (χ0v) is 8.07. The zero-order valence-electron chi connectivity index (χ0n) is 5.48. The van der Waals surface area contributed by atoms with Crippen molar-refractivity contribution in [2.75, 3.05) is 11.9 Å². The van der Waals surface area contributed by atoms with E-state index in [2.05, 4.69) is 15.9 Å². The van der Waals surface area contributed by atoms with Crippen molar-refractivity contribution in [2.45, 2.75) is 12.5 Å². The van der Waals surface area contributed by atoms with E-state index in [0.717, 1.165) is 11.9 Å². The summed E-state index contributed by atoms with van der Waals surface area (Å²) in [6, 6.07) is 0. The molecule has 0 aromatic carbocycles. The summed E-state index contributed by atoms with van der Waals surface area (Å²) in [5.74, 6) is 0. The maximum Gasteiger partial charge on any atom is 1.00 e. The standard InChI is InChI=1S/C4H7BrO.Na.H/c5-3-4-1-2-6-4;;/h4H,1-3H2;;/q;+1;-1. The smallest absolute Gasteiger partial charge is 1.00 e. The summed E-state index contributed by atoms with van der Waals surface area (Å²) in [4.78, 5) is 0. The minimum Gasteiger partial charge on any atom is -1.00 e. The summed E-state index contributed by atoms with van der Waals surface area (Å²) < 4.78 is 5.03. The van der Waals surface area contributed by atoms with Gasteiger partial charge in [-0.25, -0.2) is 0 Å². The number of ether oxygens (including phenoxy) is 1. The largest absolute Gasteiger partial charge is 1.00 e. The first-order chi connectivity index (χ1) is 2.93. The third-order valence-corrected chi connectivity index (χ3v) is 1.69. The molecule has 0 aromatic heterocycles. The van der Waals surface area contributed by atoms with Gasteiger partial charge in [0, 0.05) is 11.9 Å². The SMILES string of the molecule is BrCC1CCO1.[H-].[Na+]. The van der Waals surface area contributed by atoms with Crippen molar-refractivity contribution in [3.63, 3.8) is 0 Å². The third kappa shape index (κ3) is 2.47. The van der Waals surface area contributed by atoms with E-state index < -0.39 is 0 Å². The van der Waals surface area contributed by atoms with Crippen molar-refractivity contribution in [3.8, 4) is 0 Å². The zero-order chi connectivity index (χ0) is 4.41. The molecular weight excluding hydrogens is 167 g/mol. The van der Waals surface area contributed by atoms with Crippen LogP contribution in [0.5, 0.6) is 0 Å². The molecule has 1 fully saturated rings. The second-order valence-corrected chi connectivity index (χ2v) is 2.08. The predicted octanol–water partition coefficient (Wildman–Crippen LogP) is -1.71. The van der Waals surface area contributed by atoms with Gasteiger partial charge >= 0.3 is 29.6 Å². The average Bonchev–Trinajstić information content (AvgIpc) is 1.31. The normalized spacial score (nSPS) is 27.9. The predicted molar refractivity (Wildman–Crippen MR) is 29.3 cm³/mol. The third-order valence-electron chi connectivity index (χ3n) is 0.965. The van der Waals surface area contributed by atoms with E-state index in [-0.39, 0.29) is 31.0 Å². The Kier molecular flexibility index (Phi) is 5.22. The fourth-order valence-corrected chi connectivity index (χ4v) is 0.917. The first-order valence-electron chi connectivity index (χ1n) is 2.11. The van der Waals surface area contributed by atoms with Gasteiger partial charge in [0.15, 0.2) is 0 Å². The van der Waals surface area contributed by atoms with E-state index >= 15 is 0 Å². The maximum absolute atomic E-state index is 5.03. The molecule has 0 bridgehead atoms. The van der Waals surface area contributed by atoms with Crippen LogP contribution in [0.15, 0.2) is 0 Å². The molecule has 1 nitrogen and oxygen atoms in total. The maximum atomic E-state index is 5.03. The number of hydrogen-bond donors (Lipinski definition) is 0. The molecule has 1 rings (SSSR count). The summed E-state index contributed by atoms with van der Waals surface area (Å²) in [7, 11) is 0. The molecule has 1 aliphatic heterocycles. The summed E-state index contributed by atoms with van der Waals surface area (Å²) >= 11 is 3.30. The van der Waals surface area contributed by atoms with Gasteiger partial charge in [-0.15, -0.1) is 0 Å². The molecular formula is C4H8BrNaO. The monoisotopic (exact) mass is 174 g/mol. The number of alkyl halides is 1. The number of rotatable bonds is 1. The van der Waals surface area contributed by atoms with E-state index in [1.54, 1.807) is 0 Å². The van der Waals surface area contributed by atoms with Crippen LogP contribution in [-0.2, 0) is 4.74 Å². The first kappa shape index (κ1) is 8.44. The summed E-state index contributed by atoms with van der Waals surface area (Å²) in [6.45, 7) is 0.969. The quantitative estimate of drug-likeness (QED) is 0.340. The molecule has 0 aromatic rings. The Bertz CT molecular complexity index is 48.5. The van der Waals surface area contributed by atoms with Crippen molar-refractivity contribution in [1.82, 2.24) is 0 Å². The van der Waals surface area contributed by atoms with Crippen LogP contribution in [0, 0.1) is 0 Å². The van der Waals surface area contributed by atoms with Gasteiger partial charge in [0.2, 0.25) is 0 Å². The van der Waals surface area contributed by atoms with Crippen molar-refractivity contribution in [2.24, 2.45) is 0 Å². The fourth-order valence-electron chi connectivity index (χ4n) is 0.406. The molecule has 0 spiro atoms. The minimum absolute atomic E-state index is 0.